The summed E-state index contributed by atoms with van der Waals surface area (Å²) in [5, 5.41) is 18.2. The van der Waals surface area contributed by atoms with E-state index in [9.17, 15) is 10.1 Å². The summed E-state index contributed by atoms with van der Waals surface area (Å²) in [7, 11) is 0. The van der Waals surface area contributed by atoms with Crippen molar-refractivity contribution < 1.29 is 4.79 Å². The Labute approximate surface area is 173 Å². The molecule has 1 N–H and O–H groups in total. The smallest absolute Gasteiger partial charge is 0.258 e. The van der Waals surface area contributed by atoms with Crippen LogP contribution < -0.4 is 5.32 Å². The highest BCUT2D eigenvalue weighted by Crippen LogP contribution is 2.33. The van der Waals surface area contributed by atoms with Crippen LogP contribution in [0.2, 0.25) is 10.0 Å². The first-order chi connectivity index (χ1) is 13.2. The lowest BCUT2D eigenvalue weighted by atomic mass is 10.1. The summed E-state index contributed by atoms with van der Waals surface area (Å²) >= 11 is 12.1. The average Bonchev–Trinajstić information content (AvgIpc) is 3.01. The van der Waals surface area contributed by atoms with Gasteiger partial charge in [0.2, 0.25) is 0 Å². The van der Waals surface area contributed by atoms with Crippen molar-refractivity contribution in [2.75, 3.05) is 5.32 Å². The van der Waals surface area contributed by atoms with Gasteiger partial charge >= 0.3 is 0 Å². The van der Waals surface area contributed by atoms with Crippen molar-refractivity contribution in [2.24, 2.45) is 0 Å². The highest BCUT2D eigenvalue weighted by molar-refractivity contribution is 6.34. The number of anilines is 1. The van der Waals surface area contributed by atoms with Gasteiger partial charge in [-0.25, -0.2) is 4.68 Å². The zero-order chi connectivity index (χ0) is 20.5. The van der Waals surface area contributed by atoms with Crippen LogP contribution in [0.25, 0.3) is 11.3 Å². The molecule has 1 aromatic heterocycles. The molecule has 1 amide bonds. The van der Waals surface area contributed by atoms with Crippen LogP contribution in [0.1, 0.15) is 36.7 Å². The van der Waals surface area contributed by atoms with E-state index in [0.29, 0.717) is 27.1 Å². The summed E-state index contributed by atoms with van der Waals surface area (Å²) in [6.45, 7) is 5.83. The molecule has 0 saturated carbocycles. The summed E-state index contributed by atoms with van der Waals surface area (Å²) in [5.74, 6) is -0.0833. The molecule has 28 heavy (non-hydrogen) atoms. The van der Waals surface area contributed by atoms with Crippen molar-refractivity contribution in [3.05, 3.63) is 69.7 Å². The molecular formula is C21H18Cl2N4O. The van der Waals surface area contributed by atoms with E-state index >= 15 is 0 Å². The minimum absolute atomic E-state index is 0.276. The summed E-state index contributed by atoms with van der Waals surface area (Å²) in [6.07, 6.45) is 0. The van der Waals surface area contributed by atoms with E-state index in [2.05, 4.69) is 16.5 Å². The van der Waals surface area contributed by atoms with E-state index in [-0.39, 0.29) is 5.56 Å². The minimum atomic E-state index is -0.473. The van der Waals surface area contributed by atoms with Gasteiger partial charge in [-0.2, -0.15) is 10.4 Å². The number of carbonyl (C=O) groups is 1. The maximum absolute atomic E-state index is 12.8. The van der Waals surface area contributed by atoms with Gasteiger partial charge in [0.1, 0.15) is 23.1 Å². The fourth-order valence-corrected chi connectivity index (χ4v) is 3.10. The molecule has 0 atom stereocenters. The predicted molar refractivity (Wildman–Crippen MR) is 112 cm³/mol. The molecule has 0 bridgehead atoms. The molecule has 0 saturated heterocycles. The number of carbonyl (C=O) groups excluding carboxylic acids is 1. The lowest BCUT2D eigenvalue weighted by Crippen LogP contribution is -2.27. The van der Waals surface area contributed by atoms with Crippen LogP contribution in [-0.4, -0.2) is 15.7 Å². The molecule has 0 unspecified atom stereocenters. The molecule has 0 fully saturated rings. The van der Waals surface area contributed by atoms with Gasteiger partial charge in [0, 0.05) is 10.6 Å². The van der Waals surface area contributed by atoms with Gasteiger partial charge in [-0.05, 0) is 45.0 Å². The Bertz CT molecular complexity index is 1070. The Hall–Kier alpha value is -2.81. The molecule has 1 heterocycles. The first-order valence-electron chi connectivity index (χ1n) is 8.58. The first-order valence-corrected chi connectivity index (χ1v) is 9.33. The number of aromatic nitrogens is 2. The molecule has 7 heteroatoms. The molecule has 3 aromatic rings. The van der Waals surface area contributed by atoms with Crippen LogP contribution in [0, 0.1) is 11.3 Å². The van der Waals surface area contributed by atoms with Crippen molar-refractivity contribution in [3.8, 4) is 17.3 Å². The molecule has 3 rings (SSSR count). The third kappa shape index (κ3) is 3.89. The quantitative estimate of drug-likeness (QED) is 0.596. The fraction of sp³-hybridized carbons (Fsp3) is 0.190. The monoisotopic (exact) mass is 412 g/mol. The van der Waals surface area contributed by atoms with Gasteiger partial charge < -0.3 is 5.32 Å². The van der Waals surface area contributed by atoms with Gasteiger partial charge in [0.25, 0.3) is 5.91 Å². The summed E-state index contributed by atoms with van der Waals surface area (Å²) < 4.78 is 1.64. The molecule has 2 aromatic carbocycles. The van der Waals surface area contributed by atoms with E-state index in [1.165, 1.54) is 0 Å². The van der Waals surface area contributed by atoms with Gasteiger partial charge in [-0.3, -0.25) is 4.79 Å². The van der Waals surface area contributed by atoms with E-state index in [1.807, 2.05) is 20.8 Å². The van der Waals surface area contributed by atoms with E-state index in [4.69, 9.17) is 23.2 Å². The maximum Gasteiger partial charge on any atom is 0.258 e. The van der Waals surface area contributed by atoms with Crippen molar-refractivity contribution in [2.45, 2.75) is 26.3 Å². The molecule has 0 aliphatic rings. The normalized spacial score (nSPS) is 11.1. The number of benzene rings is 2. The molecule has 0 aliphatic heterocycles. The van der Waals surface area contributed by atoms with E-state index in [1.54, 1.807) is 53.2 Å². The number of halogens is 2. The zero-order valence-corrected chi connectivity index (χ0v) is 17.1. The average molecular weight is 413 g/mol. The van der Waals surface area contributed by atoms with Crippen molar-refractivity contribution in [1.29, 1.82) is 5.26 Å². The molecule has 0 aliphatic carbocycles. The number of hydrogen-bond acceptors (Lipinski definition) is 3. The highest BCUT2D eigenvalue weighted by Gasteiger charge is 2.27. The second-order valence-corrected chi connectivity index (χ2v) is 8.05. The lowest BCUT2D eigenvalue weighted by molar-refractivity contribution is 0.102. The van der Waals surface area contributed by atoms with Gasteiger partial charge in [-0.15, -0.1) is 0 Å². The molecular weight excluding hydrogens is 395 g/mol. The Balaban J connectivity index is 2.14. The Morgan fingerprint density at radius 3 is 2.32 bits per heavy atom. The number of nitriles is 1. The predicted octanol–water partition coefficient (Wildman–Crippen LogP) is 5.74. The number of rotatable bonds is 3. The Kier molecular flexibility index (Phi) is 5.46. The van der Waals surface area contributed by atoms with Gasteiger partial charge in [0.15, 0.2) is 0 Å². The maximum atomic E-state index is 12.8. The second-order valence-electron chi connectivity index (χ2n) is 7.21. The van der Waals surface area contributed by atoms with Crippen LogP contribution in [0.15, 0.2) is 48.5 Å². The first kappa shape index (κ1) is 19.9. The number of hydrogen-bond donors (Lipinski definition) is 1. The number of nitrogens with one attached hydrogen (secondary N) is 1. The summed E-state index contributed by atoms with van der Waals surface area (Å²) in [6, 6.07) is 16.0. The van der Waals surface area contributed by atoms with Crippen molar-refractivity contribution >= 4 is 34.9 Å². The lowest BCUT2D eigenvalue weighted by Gasteiger charge is -2.22. The molecule has 142 valence electrons. The molecule has 0 spiro atoms. The van der Waals surface area contributed by atoms with Crippen molar-refractivity contribution in [1.82, 2.24) is 9.78 Å². The number of amides is 1. The third-order valence-corrected chi connectivity index (χ3v) is 4.68. The Morgan fingerprint density at radius 2 is 1.75 bits per heavy atom. The highest BCUT2D eigenvalue weighted by atomic mass is 35.5. The van der Waals surface area contributed by atoms with E-state index in [0.717, 1.165) is 5.56 Å². The van der Waals surface area contributed by atoms with Crippen LogP contribution in [-0.2, 0) is 5.54 Å². The van der Waals surface area contributed by atoms with E-state index < -0.39 is 11.4 Å². The third-order valence-electron chi connectivity index (χ3n) is 4.10. The van der Waals surface area contributed by atoms with Crippen LogP contribution in [0.4, 0.5) is 5.82 Å². The largest absolute Gasteiger partial charge is 0.306 e. The van der Waals surface area contributed by atoms with Gasteiger partial charge in [0.05, 0.1) is 16.1 Å². The van der Waals surface area contributed by atoms with Crippen LogP contribution >= 0.6 is 23.2 Å². The van der Waals surface area contributed by atoms with Crippen LogP contribution in [0.3, 0.4) is 0 Å². The zero-order valence-electron chi connectivity index (χ0n) is 15.6. The summed E-state index contributed by atoms with van der Waals surface area (Å²) in [4.78, 5) is 12.8. The number of nitrogens with zero attached hydrogens (tertiary/aromatic N) is 3. The Morgan fingerprint density at radius 1 is 1.11 bits per heavy atom. The van der Waals surface area contributed by atoms with Crippen molar-refractivity contribution in [3.63, 3.8) is 0 Å². The minimum Gasteiger partial charge on any atom is -0.306 e. The van der Waals surface area contributed by atoms with Gasteiger partial charge in [-0.1, -0.05) is 47.5 Å². The topological polar surface area (TPSA) is 70.7 Å². The van der Waals surface area contributed by atoms with Crippen LogP contribution in [0.5, 0.6) is 0 Å². The fourth-order valence-electron chi connectivity index (χ4n) is 2.75. The molecule has 5 nitrogen and oxygen atoms in total. The molecule has 0 radical (unpaired) electrons. The second kappa shape index (κ2) is 7.67. The standard InChI is InChI=1S/C21H18Cl2N4O/c1-21(2,3)27-19(25-20(28)15-6-4-5-7-17(15)23)16(12-24)18(26-27)13-8-10-14(22)11-9-13/h4-11H,1-3H3,(H,25,28). The summed E-state index contributed by atoms with van der Waals surface area (Å²) in [5.41, 5.74) is 1.33. The SMILES string of the molecule is CC(C)(C)n1nc(-c2ccc(Cl)cc2)c(C#N)c1NC(=O)c1ccccc1Cl.